The number of nitrogens with zero attached hydrogens (tertiary/aromatic N) is 1. The summed E-state index contributed by atoms with van der Waals surface area (Å²) in [7, 11) is -3.46. The first-order chi connectivity index (χ1) is 12.5. The minimum Gasteiger partial charge on any atom is -0.353 e. The maximum absolute atomic E-state index is 12.8. The molecule has 1 aliphatic heterocycles. The van der Waals surface area contributed by atoms with Gasteiger partial charge in [-0.3, -0.25) is 4.79 Å². The van der Waals surface area contributed by atoms with Gasteiger partial charge in [0.2, 0.25) is 5.91 Å². The molecular weight excluding hydrogens is 368 g/mol. The minimum atomic E-state index is -3.46. The lowest BCUT2D eigenvalue weighted by molar-refractivity contribution is -0.127. The summed E-state index contributed by atoms with van der Waals surface area (Å²) < 4.78 is 27.3. The van der Waals surface area contributed by atoms with Crippen LogP contribution in [0.25, 0.3) is 0 Å². The zero-order chi connectivity index (χ0) is 18.1. The monoisotopic (exact) mass is 396 g/mol. The fourth-order valence-electron chi connectivity index (χ4n) is 5.06. The van der Waals surface area contributed by atoms with E-state index in [1.54, 1.807) is 17.5 Å². The fraction of sp³-hybridized carbons (Fsp3) is 0.737. The van der Waals surface area contributed by atoms with Crippen LogP contribution in [0.2, 0.25) is 0 Å². The Balaban J connectivity index is 1.36. The van der Waals surface area contributed by atoms with E-state index in [4.69, 9.17) is 0 Å². The average Bonchev–Trinajstić information content (AvgIpc) is 3.33. The molecule has 2 aliphatic carbocycles. The summed E-state index contributed by atoms with van der Waals surface area (Å²) in [5.41, 5.74) is 0. The number of hydrogen-bond donors (Lipinski definition) is 1. The quantitative estimate of drug-likeness (QED) is 0.850. The van der Waals surface area contributed by atoms with Crippen LogP contribution in [0.3, 0.4) is 0 Å². The molecule has 4 atom stereocenters. The van der Waals surface area contributed by atoms with E-state index in [-0.39, 0.29) is 17.9 Å². The lowest BCUT2D eigenvalue weighted by Crippen LogP contribution is -2.48. The van der Waals surface area contributed by atoms with Gasteiger partial charge in [-0.15, -0.1) is 11.3 Å². The van der Waals surface area contributed by atoms with E-state index in [1.807, 2.05) is 0 Å². The molecule has 1 aromatic heterocycles. The number of amides is 1. The van der Waals surface area contributed by atoms with Crippen LogP contribution in [0.15, 0.2) is 21.7 Å². The first-order valence-corrected chi connectivity index (χ1v) is 12.2. The summed E-state index contributed by atoms with van der Waals surface area (Å²) in [5.74, 6) is 1.50. The molecule has 7 heteroatoms. The van der Waals surface area contributed by atoms with Crippen LogP contribution in [0.1, 0.15) is 51.4 Å². The Morgan fingerprint density at radius 2 is 1.96 bits per heavy atom. The molecule has 0 aromatic carbocycles. The van der Waals surface area contributed by atoms with Crippen molar-refractivity contribution in [3.8, 4) is 0 Å². The van der Waals surface area contributed by atoms with E-state index in [0.717, 1.165) is 37.5 Å². The maximum Gasteiger partial charge on any atom is 0.252 e. The van der Waals surface area contributed by atoms with Gasteiger partial charge >= 0.3 is 0 Å². The number of sulfonamides is 1. The van der Waals surface area contributed by atoms with Crippen LogP contribution in [-0.4, -0.2) is 37.8 Å². The van der Waals surface area contributed by atoms with Gasteiger partial charge in [-0.25, -0.2) is 8.42 Å². The van der Waals surface area contributed by atoms with Crippen molar-refractivity contribution in [2.45, 2.75) is 61.6 Å². The Hall–Kier alpha value is -0.920. The second kappa shape index (κ2) is 7.60. The highest BCUT2D eigenvalue weighted by atomic mass is 32.2. The number of piperidine rings is 1. The summed E-state index contributed by atoms with van der Waals surface area (Å²) in [4.78, 5) is 12.8. The smallest absolute Gasteiger partial charge is 0.252 e. The summed E-state index contributed by atoms with van der Waals surface area (Å²) >= 11 is 1.24. The molecule has 2 saturated carbocycles. The van der Waals surface area contributed by atoms with Gasteiger partial charge < -0.3 is 5.32 Å². The number of hydrogen-bond acceptors (Lipinski definition) is 4. The van der Waals surface area contributed by atoms with Crippen molar-refractivity contribution in [1.29, 1.82) is 0 Å². The number of nitrogens with one attached hydrogen (secondary N) is 1. The number of fused-ring (bicyclic) bond motifs is 1. The lowest BCUT2D eigenvalue weighted by atomic mass is 9.79. The van der Waals surface area contributed by atoms with Crippen molar-refractivity contribution >= 4 is 27.3 Å². The maximum atomic E-state index is 12.8. The Morgan fingerprint density at radius 1 is 1.12 bits per heavy atom. The molecule has 1 saturated heterocycles. The van der Waals surface area contributed by atoms with Crippen LogP contribution in [0, 0.1) is 17.8 Å². The van der Waals surface area contributed by atoms with Gasteiger partial charge in [0.25, 0.3) is 10.0 Å². The normalized spacial score (nSPS) is 32.9. The van der Waals surface area contributed by atoms with Gasteiger partial charge in [0.15, 0.2) is 0 Å². The van der Waals surface area contributed by atoms with Crippen LogP contribution < -0.4 is 5.32 Å². The largest absolute Gasteiger partial charge is 0.353 e. The standard InChI is InChI=1S/C19H28N2O3S2/c22-19(20-17-9-8-14-4-1-5-15(14)12-17)16-6-2-10-21(13-16)26(23,24)18-7-3-11-25-18/h3,7,11,14-17H,1-2,4-6,8-10,12-13H2,(H,20,22)/t14-,15-,16+,17+/m0/s1. The third kappa shape index (κ3) is 3.71. The van der Waals surface area contributed by atoms with Crippen molar-refractivity contribution < 1.29 is 13.2 Å². The summed E-state index contributed by atoms with van der Waals surface area (Å²) in [6.45, 7) is 0.821. The predicted octanol–water partition coefficient (Wildman–Crippen LogP) is 3.23. The van der Waals surface area contributed by atoms with Gasteiger partial charge in [0.05, 0.1) is 5.92 Å². The minimum absolute atomic E-state index is 0.0533. The molecular formula is C19H28N2O3S2. The molecule has 1 aromatic rings. The number of carbonyl (C=O) groups excluding carboxylic acids is 1. The molecule has 1 amide bonds. The first kappa shape index (κ1) is 18.4. The molecule has 2 heterocycles. The van der Waals surface area contributed by atoms with E-state index in [0.29, 0.717) is 17.3 Å². The number of carbonyl (C=O) groups is 1. The van der Waals surface area contributed by atoms with Crippen molar-refractivity contribution in [2.75, 3.05) is 13.1 Å². The van der Waals surface area contributed by atoms with E-state index < -0.39 is 10.0 Å². The second-order valence-corrected chi connectivity index (χ2v) is 11.2. The molecule has 1 N–H and O–H groups in total. The Labute approximate surface area is 160 Å². The second-order valence-electron chi connectivity index (χ2n) is 8.10. The summed E-state index contributed by atoms with van der Waals surface area (Å²) in [6.07, 6.45) is 8.97. The Bertz CT molecular complexity index is 732. The van der Waals surface area contributed by atoms with Gasteiger partial charge in [-0.2, -0.15) is 4.31 Å². The Kier molecular flexibility index (Phi) is 5.39. The fourth-order valence-corrected chi connectivity index (χ4v) is 7.73. The average molecular weight is 397 g/mol. The molecule has 5 nitrogen and oxygen atoms in total. The highest BCUT2D eigenvalue weighted by molar-refractivity contribution is 7.91. The molecule has 0 bridgehead atoms. The molecule has 0 spiro atoms. The predicted molar refractivity (Wildman–Crippen MR) is 102 cm³/mol. The Morgan fingerprint density at radius 3 is 2.77 bits per heavy atom. The van der Waals surface area contributed by atoms with Crippen LogP contribution in [0.4, 0.5) is 0 Å². The summed E-state index contributed by atoms with van der Waals surface area (Å²) in [6, 6.07) is 3.68. The third-order valence-electron chi connectivity index (χ3n) is 6.48. The topological polar surface area (TPSA) is 66.5 Å². The van der Waals surface area contributed by atoms with Gasteiger partial charge in [0, 0.05) is 19.1 Å². The van der Waals surface area contributed by atoms with Crippen LogP contribution in [0.5, 0.6) is 0 Å². The SMILES string of the molecule is O=C(N[C@@H]1CC[C@@H]2CCC[C@H]2C1)[C@@H]1CCCN(S(=O)(=O)c2cccs2)C1. The van der Waals surface area contributed by atoms with Crippen molar-refractivity contribution in [3.63, 3.8) is 0 Å². The molecule has 3 aliphatic rings. The van der Waals surface area contributed by atoms with Gasteiger partial charge in [-0.05, 0) is 55.4 Å². The molecule has 144 valence electrons. The van der Waals surface area contributed by atoms with Crippen LogP contribution >= 0.6 is 11.3 Å². The highest BCUT2D eigenvalue weighted by Gasteiger charge is 2.37. The van der Waals surface area contributed by atoms with E-state index in [1.165, 1.54) is 41.3 Å². The summed E-state index contributed by atoms with van der Waals surface area (Å²) in [5, 5.41) is 5.03. The van der Waals surface area contributed by atoms with Crippen molar-refractivity contribution in [2.24, 2.45) is 17.8 Å². The zero-order valence-electron chi connectivity index (χ0n) is 15.1. The molecule has 0 radical (unpaired) electrons. The van der Waals surface area contributed by atoms with Crippen molar-refractivity contribution in [3.05, 3.63) is 17.5 Å². The van der Waals surface area contributed by atoms with Crippen LogP contribution in [-0.2, 0) is 14.8 Å². The molecule has 0 unspecified atom stereocenters. The lowest BCUT2D eigenvalue weighted by Gasteiger charge is -2.35. The van der Waals surface area contributed by atoms with Gasteiger partial charge in [0.1, 0.15) is 4.21 Å². The first-order valence-electron chi connectivity index (χ1n) is 9.88. The highest BCUT2D eigenvalue weighted by Crippen LogP contribution is 2.42. The zero-order valence-corrected chi connectivity index (χ0v) is 16.7. The van der Waals surface area contributed by atoms with Crippen molar-refractivity contribution in [1.82, 2.24) is 9.62 Å². The van der Waals surface area contributed by atoms with E-state index >= 15 is 0 Å². The molecule has 4 rings (SSSR count). The van der Waals surface area contributed by atoms with Gasteiger partial charge in [-0.1, -0.05) is 25.3 Å². The van der Waals surface area contributed by atoms with E-state index in [2.05, 4.69) is 5.32 Å². The third-order valence-corrected chi connectivity index (χ3v) is 9.72. The molecule has 3 fully saturated rings. The number of rotatable bonds is 4. The van der Waals surface area contributed by atoms with E-state index in [9.17, 15) is 13.2 Å². The molecule has 26 heavy (non-hydrogen) atoms. The number of thiophene rings is 1.